The summed E-state index contributed by atoms with van der Waals surface area (Å²) in [6, 6.07) is 4.90. The second kappa shape index (κ2) is 4.97. The van der Waals surface area contributed by atoms with Gasteiger partial charge in [-0.2, -0.15) is 0 Å². The highest BCUT2D eigenvalue weighted by atomic mass is 16.7. The van der Waals surface area contributed by atoms with E-state index in [1.807, 2.05) is 13.8 Å². The van der Waals surface area contributed by atoms with Crippen LogP contribution in [0.1, 0.15) is 24.2 Å². The molecule has 2 N–H and O–H groups in total. The van der Waals surface area contributed by atoms with Gasteiger partial charge in [-0.3, -0.25) is 0 Å². The zero-order valence-electron chi connectivity index (χ0n) is 10.1. The summed E-state index contributed by atoms with van der Waals surface area (Å²) in [7, 11) is 0. The maximum Gasteiger partial charge on any atom is 0.339 e. The van der Waals surface area contributed by atoms with E-state index in [9.17, 15) is 9.90 Å². The number of carbonyl (C=O) groups is 1. The van der Waals surface area contributed by atoms with E-state index in [2.05, 4.69) is 5.59 Å². The molecule has 1 heterocycles. The summed E-state index contributed by atoms with van der Waals surface area (Å²) in [5.41, 5.74) is 3.30. The normalized spacial score (nSPS) is 13.8. The van der Waals surface area contributed by atoms with E-state index in [1.165, 1.54) is 12.3 Å². The highest BCUT2D eigenvalue weighted by Gasteiger charge is 2.21. The van der Waals surface area contributed by atoms with Crippen LogP contribution in [0.25, 0.3) is 0 Å². The van der Waals surface area contributed by atoms with Crippen molar-refractivity contribution in [3.8, 4) is 5.75 Å². The van der Waals surface area contributed by atoms with Gasteiger partial charge in [-0.25, -0.2) is 9.80 Å². The summed E-state index contributed by atoms with van der Waals surface area (Å²) in [5.74, 6) is -0.723. The molecule has 0 radical (unpaired) electrons. The molecule has 6 nitrogen and oxygen atoms in total. The SMILES string of the molecule is CC(C)Oc1c(C(=O)O)cccc1N1C=CON1. The Morgan fingerprint density at radius 2 is 2.28 bits per heavy atom. The molecule has 1 aliphatic heterocycles. The summed E-state index contributed by atoms with van der Waals surface area (Å²) in [6.45, 7) is 3.68. The number of carboxylic acid groups (broad SMARTS) is 1. The largest absolute Gasteiger partial charge is 0.488 e. The first kappa shape index (κ1) is 12.3. The third-order valence-corrected chi connectivity index (χ3v) is 2.27. The van der Waals surface area contributed by atoms with Crippen molar-refractivity contribution in [2.45, 2.75) is 20.0 Å². The van der Waals surface area contributed by atoms with Gasteiger partial charge in [0.25, 0.3) is 0 Å². The monoisotopic (exact) mass is 250 g/mol. The Morgan fingerprint density at radius 3 is 2.83 bits per heavy atom. The van der Waals surface area contributed by atoms with Crippen LogP contribution < -0.4 is 15.3 Å². The molecule has 0 aliphatic carbocycles. The van der Waals surface area contributed by atoms with Crippen LogP contribution in [0, 0.1) is 0 Å². The van der Waals surface area contributed by atoms with Gasteiger partial charge in [0.15, 0.2) is 5.75 Å². The van der Waals surface area contributed by atoms with Crippen LogP contribution in [0.3, 0.4) is 0 Å². The number of nitrogens with one attached hydrogen (secondary N) is 1. The van der Waals surface area contributed by atoms with E-state index >= 15 is 0 Å². The van der Waals surface area contributed by atoms with E-state index < -0.39 is 5.97 Å². The van der Waals surface area contributed by atoms with E-state index in [1.54, 1.807) is 23.3 Å². The van der Waals surface area contributed by atoms with E-state index in [4.69, 9.17) is 9.57 Å². The van der Waals surface area contributed by atoms with Crippen LogP contribution in [-0.4, -0.2) is 17.2 Å². The lowest BCUT2D eigenvalue weighted by atomic mass is 10.1. The molecule has 2 rings (SSSR count). The van der Waals surface area contributed by atoms with Crippen molar-refractivity contribution in [1.82, 2.24) is 5.59 Å². The van der Waals surface area contributed by atoms with Gasteiger partial charge in [0.2, 0.25) is 0 Å². The molecule has 6 heteroatoms. The second-order valence-electron chi connectivity index (χ2n) is 3.99. The Kier molecular flexibility index (Phi) is 3.38. The fourth-order valence-corrected chi connectivity index (χ4v) is 1.58. The molecule has 0 bridgehead atoms. The minimum Gasteiger partial charge on any atom is -0.488 e. The molecule has 18 heavy (non-hydrogen) atoms. The first-order chi connectivity index (χ1) is 8.59. The number of hydrogen-bond donors (Lipinski definition) is 2. The Hall–Kier alpha value is -2.21. The maximum absolute atomic E-state index is 11.2. The highest BCUT2D eigenvalue weighted by molar-refractivity contribution is 5.93. The van der Waals surface area contributed by atoms with E-state index in [0.29, 0.717) is 11.4 Å². The summed E-state index contributed by atoms with van der Waals surface area (Å²) >= 11 is 0. The molecule has 1 aromatic rings. The standard InChI is InChI=1S/C12H14N2O4/c1-8(2)18-11-9(12(15)16)4-3-5-10(11)14-6-7-17-13-14/h3-8,13H,1-2H3,(H,15,16). The lowest BCUT2D eigenvalue weighted by molar-refractivity contribution is 0.0690. The molecule has 96 valence electrons. The van der Waals surface area contributed by atoms with Crippen LogP contribution in [0.4, 0.5) is 5.69 Å². The number of anilines is 1. The molecule has 0 aromatic heterocycles. The molecular formula is C12H14N2O4. The summed E-state index contributed by atoms with van der Waals surface area (Å²) < 4.78 is 5.60. The zero-order valence-corrected chi connectivity index (χ0v) is 10.1. The van der Waals surface area contributed by atoms with Gasteiger partial charge in [0, 0.05) is 0 Å². The highest BCUT2D eigenvalue weighted by Crippen LogP contribution is 2.33. The number of aromatic carboxylic acids is 1. The summed E-state index contributed by atoms with van der Waals surface area (Å²) in [4.78, 5) is 16.1. The average molecular weight is 250 g/mol. The molecule has 1 aliphatic rings. The Balaban J connectivity index is 2.46. The molecule has 0 saturated heterocycles. The number of carboxylic acids is 1. The van der Waals surface area contributed by atoms with Crippen LogP contribution >= 0.6 is 0 Å². The fourth-order valence-electron chi connectivity index (χ4n) is 1.58. The van der Waals surface area contributed by atoms with E-state index in [0.717, 1.165) is 0 Å². The molecule has 0 fully saturated rings. The van der Waals surface area contributed by atoms with Crippen LogP contribution in [0.5, 0.6) is 5.75 Å². The van der Waals surface area contributed by atoms with Crippen LogP contribution in [-0.2, 0) is 4.84 Å². The molecule has 0 spiro atoms. The van der Waals surface area contributed by atoms with Crippen LogP contribution in [0.15, 0.2) is 30.7 Å². The van der Waals surface area contributed by atoms with Crippen molar-refractivity contribution < 1.29 is 19.5 Å². The number of benzene rings is 1. The predicted molar refractivity (Wildman–Crippen MR) is 65.0 cm³/mol. The number of ether oxygens (including phenoxy) is 1. The minimum atomic E-state index is -1.03. The quantitative estimate of drug-likeness (QED) is 0.850. The van der Waals surface area contributed by atoms with Crippen molar-refractivity contribution in [2.75, 3.05) is 5.01 Å². The van der Waals surface area contributed by atoms with Crippen molar-refractivity contribution in [2.24, 2.45) is 0 Å². The molecule has 0 unspecified atom stereocenters. The number of para-hydroxylation sites is 1. The van der Waals surface area contributed by atoms with Gasteiger partial charge in [-0.15, -0.1) is 0 Å². The van der Waals surface area contributed by atoms with Crippen molar-refractivity contribution >= 4 is 11.7 Å². The van der Waals surface area contributed by atoms with Crippen LogP contribution in [0.2, 0.25) is 0 Å². The topological polar surface area (TPSA) is 71.0 Å². The molecule has 1 aromatic carbocycles. The van der Waals surface area contributed by atoms with Gasteiger partial charge >= 0.3 is 5.97 Å². The average Bonchev–Trinajstić information content (AvgIpc) is 2.81. The summed E-state index contributed by atoms with van der Waals surface area (Å²) in [6.07, 6.45) is 2.96. The number of rotatable bonds is 4. The smallest absolute Gasteiger partial charge is 0.339 e. The fraction of sp³-hybridized carbons (Fsp3) is 0.250. The first-order valence-corrected chi connectivity index (χ1v) is 5.49. The maximum atomic E-state index is 11.2. The third-order valence-electron chi connectivity index (χ3n) is 2.27. The minimum absolute atomic E-state index is 0.114. The Morgan fingerprint density at radius 1 is 1.50 bits per heavy atom. The Labute approximate surface area is 104 Å². The van der Waals surface area contributed by atoms with Gasteiger partial charge in [0.1, 0.15) is 17.5 Å². The van der Waals surface area contributed by atoms with Gasteiger partial charge < -0.3 is 14.7 Å². The number of hydrogen-bond acceptors (Lipinski definition) is 5. The van der Waals surface area contributed by atoms with Gasteiger partial charge in [-0.05, 0) is 26.0 Å². The van der Waals surface area contributed by atoms with Crippen molar-refractivity contribution in [1.29, 1.82) is 0 Å². The lowest BCUT2D eigenvalue weighted by Gasteiger charge is -2.21. The number of nitrogens with zero attached hydrogens (tertiary/aromatic N) is 1. The predicted octanol–water partition coefficient (Wildman–Crippen LogP) is 1.90. The third kappa shape index (κ3) is 2.38. The molecular weight excluding hydrogens is 236 g/mol. The summed E-state index contributed by atoms with van der Waals surface area (Å²) in [5, 5.41) is 10.7. The molecule has 0 amide bonds. The Bertz CT molecular complexity index is 485. The molecule has 0 atom stereocenters. The first-order valence-electron chi connectivity index (χ1n) is 5.49. The zero-order chi connectivity index (χ0) is 13.1. The van der Waals surface area contributed by atoms with Crippen molar-refractivity contribution in [3.63, 3.8) is 0 Å². The molecule has 0 saturated carbocycles. The van der Waals surface area contributed by atoms with Gasteiger partial charge in [0.05, 0.1) is 12.3 Å². The van der Waals surface area contributed by atoms with Gasteiger partial charge in [-0.1, -0.05) is 11.7 Å². The second-order valence-corrected chi connectivity index (χ2v) is 3.99. The number of hydrazine groups is 1. The van der Waals surface area contributed by atoms with E-state index in [-0.39, 0.29) is 11.7 Å². The van der Waals surface area contributed by atoms with Crippen molar-refractivity contribution in [3.05, 3.63) is 36.2 Å². The lowest BCUT2D eigenvalue weighted by Crippen LogP contribution is -2.28.